The Hall–Kier alpha value is -1.37. The van der Waals surface area contributed by atoms with Gasteiger partial charge in [-0.05, 0) is 38.5 Å². The predicted molar refractivity (Wildman–Crippen MR) is 68.2 cm³/mol. The molecule has 1 atom stereocenters. The number of hydrogen-bond acceptors (Lipinski definition) is 1. The molecule has 0 saturated carbocycles. The van der Waals surface area contributed by atoms with Gasteiger partial charge in [0.2, 0.25) is 0 Å². The van der Waals surface area contributed by atoms with Crippen LogP contribution in [0.5, 0.6) is 0 Å². The average molecular weight is 213 g/mol. The van der Waals surface area contributed by atoms with Gasteiger partial charge >= 0.3 is 0 Å². The Morgan fingerprint density at radius 1 is 1.19 bits per heavy atom. The van der Waals surface area contributed by atoms with E-state index >= 15 is 0 Å². The molecule has 84 valence electrons. The summed E-state index contributed by atoms with van der Waals surface area (Å²) < 4.78 is 0. The summed E-state index contributed by atoms with van der Waals surface area (Å²) in [6.45, 7) is 8.95. The van der Waals surface area contributed by atoms with Gasteiger partial charge in [0.1, 0.15) is 0 Å². The van der Waals surface area contributed by atoms with Gasteiger partial charge in [0.15, 0.2) is 0 Å². The molecule has 1 unspecified atom stereocenters. The predicted octanol–water partition coefficient (Wildman–Crippen LogP) is 3.93. The highest BCUT2D eigenvalue weighted by Crippen LogP contribution is 2.42. The minimum Gasteiger partial charge on any atom is -0.261 e. The van der Waals surface area contributed by atoms with Crippen LogP contribution in [0.3, 0.4) is 0 Å². The lowest BCUT2D eigenvalue weighted by atomic mass is 9.80. The van der Waals surface area contributed by atoms with Crippen molar-refractivity contribution in [3.63, 3.8) is 0 Å². The summed E-state index contributed by atoms with van der Waals surface area (Å²) in [5.41, 5.74) is 5.66. The lowest BCUT2D eigenvalue weighted by Gasteiger charge is -2.24. The van der Waals surface area contributed by atoms with Crippen molar-refractivity contribution in [1.82, 2.24) is 4.98 Å². The van der Waals surface area contributed by atoms with E-state index in [0.29, 0.717) is 0 Å². The fraction of sp³-hybridized carbons (Fsp3) is 0.400. The zero-order valence-corrected chi connectivity index (χ0v) is 10.5. The van der Waals surface area contributed by atoms with Crippen LogP contribution in [0.2, 0.25) is 0 Å². The van der Waals surface area contributed by atoms with Crippen molar-refractivity contribution in [2.45, 2.75) is 34.1 Å². The number of pyridine rings is 1. The second-order valence-corrected chi connectivity index (χ2v) is 4.99. The Kier molecular flexibility index (Phi) is 2.71. The van der Waals surface area contributed by atoms with Crippen molar-refractivity contribution in [2.24, 2.45) is 5.41 Å². The van der Waals surface area contributed by atoms with Crippen molar-refractivity contribution < 1.29 is 0 Å². The molecular weight excluding hydrogens is 194 g/mol. The first kappa shape index (κ1) is 11.1. The SMILES string of the molecule is CC1=CC(C)(Cc2ccccn2)C(C)=C1C. The molecule has 0 N–H and O–H groups in total. The number of rotatable bonds is 2. The third kappa shape index (κ3) is 1.82. The molecule has 1 aromatic heterocycles. The molecule has 2 rings (SSSR count). The average Bonchev–Trinajstić information content (AvgIpc) is 2.44. The quantitative estimate of drug-likeness (QED) is 0.725. The maximum Gasteiger partial charge on any atom is 0.0415 e. The first-order valence-corrected chi connectivity index (χ1v) is 5.80. The van der Waals surface area contributed by atoms with Gasteiger partial charge in [-0.3, -0.25) is 4.98 Å². The zero-order chi connectivity index (χ0) is 11.8. The van der Waals surface area contributed by atoms with Gasteiger partial charge in [0, 0.05) is 23.7 Å². The van der Waals surface area contributed by atoms with Crippen molar-refractivity contribution >= 4 is 0 Å². The molecule has 1 nitrogen and oxygen atoms in total. The summed E-state index contributed by atoms with van der Waals surface area (Å²) >= 11 is 0. The maximum atomic E-state index is 4.42. The molecule has 0 aromatic carbocycles. The molecule has 1 heteroatoms. The van der Waals surface area contributed by atoms with Gasteiger partial charge < -0.3 is 0 Å². The Bertz CT molecular complexity index is 454. The molecule has 0 amide bonds. The van der Waals surface area contributed by atoms with Crippen LogP contribution in [0.1, 0.15) is 33.4 Å². The van der Waals surface area contributed by atoms with Crippen LogP contribution in [0.4, 0.5) is 0 Å². The molecule has 0 saturated heterocycles. The molecule has 0 radical (unpaired) electrons. The summed E-state index contributed by atoms with van der Waals surface area (Å²) in [4.78, 5) is 4.42. The minimum absolute atomic E-state index is 0.155. The molecule has 1 aromatic rings. The lowest BCUT2D eigenvalue weighted by Crippen LogP contribution is -2.17. The monoisotopic (exact) mass is 213 g/mol. The molecule has 0 bridgehead atoms. The molecule has 1 aliphatic carbocycles. The van der Waals surface area contributed by atoms with E-state index in [0.717, 1.165) is 6.42 Å². The van der Waals surface area contributed by atoms with E-state index in [9.17, 15) is 0 Å². The summed E-state index contributed by atoms with van der Waals surface area (Å²) in [7, 11) is 0. The second-order valence-electron chi connectivity index (χ2n) is 4.99. The number of hydrogen-bond donors (Lipinski definition) is 0. The Morgan fingerprint density at radius 2 is 1.94 bits per heavy atom. The highest BCUT2D eigenvalue weighted by molar-refractivity contribution is 5.45. The fourth-order valence-electron chi connectivity index (χ4n) is 2.48. The van der Waals surface area contributed by atoms with Crippen molar-refractivity contribution in [3.05, 3.63) is 52.9 Å². The minimum atomic E-state index is 0.155. The lowest BCUT2D eigenvalue weighted by molar-refractivity contribution is 0.510. The van der Waals surface area contributed by atoms with Crippen LogP contribution in [0.25, 0.3) is 0 Å². The fourth-order valence-corrected chi connectivity index (χ4v) is 2.48. The summed E-state index contributed by atoms with van der Waals surface area (Å²) in [5, 5.41) is 0. The first-order valence-electron chi connectivity index (χ1n) is 5.80. The molecule has 0 fully saturated rings. The van der Waals surface area contributed by atoms with Gasteiger partial charge in [0.05, 0.1) is 0 Å². The van der Waals surface area contributed by atoms with E-state index < -0.39 is 0 Å². The summed E-state index contributed by atoms with van der Waals surface area (Å²) in [6, 6.07) is 6.13. The molecule has 1 aliphatic rings. The molecule has 1 heterocycles. The third-order valence-electron chi connectivity index (χ3n) is 3.82. The Balaban J connectivity index is 2.30. The van der Waals surface area contributed by atoms with E-state index in [4.69, 9.17) is 0 Å². The van der Waals surface area contributed by atoms with Crippen LogP contribution in [0.15, 0.2) is 47.2 Å². The van der Waals surface area contributed by atoms with E-state index in [-0.39, 0.29) is 5.41 Å². The third-order valence-corrected chi connectivity index (χ3v) is 3.82. The van der Waals surface area contributed by atoms with Crippen molar-refractivity contribution in [3.8, 4) is 0 Å². The molecule has 0 aliphatic heterocycles. The van der Waals surface area contributed by atoms with Gasteiger partial charge in [-0.1, -0.05) is 30.2 Å². The smallest absolute Gasteiger partial charge is 0.0415 e. The van der Waals surface area contributed by atoms with E-state index in [1.165, 1.54) is 22.4 Å². The van der Waals surface area contributed by atoms with Crippen molar-refractivity contribution in [1.29, 1.82) is 0 Å². The van der Waals surface area contributed by atoms with Crippen LogP contribution in [-0.2, 0) is 6.42 Å². The van der Waals surface area contributed by atoms with E-state index in [2.05, 4.69) is 50.9 Å². The molecule has 16 heavy (non-hydrogen) atoms. The number of nitrogens with zero attached hydrogens (tertiary/aromatic N) is 1. The molecular formula is C15H19N. The van der Waals surface area contributed by atoms with Crippen LogP contribution in [-0.4, -0.2) is 4.98 Å². The van der Waals surface area contributed by atoms with Crippen LogP contribution < -0.4 is 0 Å². The van der Waals surface area contributed by atoms with Gasteiger partial charge in [-0.15, -0.1) is 0 Å². The largest absolute Gasteiger partial charge is 0.261 e. The standard InChI is InChI=1S/C15H19N/c1-11-9-15(4,13(3)12(11)2)10-14-7-5-6-8-16-14/h5-9H,10H2,1-4H3. The number of aromatic nitrogens is 1. The van der Waals surface area contributed by atoms with E-state index in [1.807, 2.05) is 12.3 Å². The highest BCUT2D eigenvalue weighted by Gasteiger charge is 2.31. The summed E-state index contributed by atoms with van der Waals surface area (Å²) in [6.07, 6.45) is 5.25. The normalized spacial score (nSPS) is 24.9. The van der Waals surface area contributed by atoms with Crippen LogP contribution in [0, 0.1) is 5.41 Å². The van der Waals surface area contributed by atoms with E-state index in [1.54, 1.807) is 0 Å². The Morgan fingerprint density at radius 3 is 2.44 bits per heavy atom. The maximum absolute atomic E-state index is 4.42. The summed E-state index contributed by atoms with van der Waals surface area (Å²) in [5.74, 6) is 0. The van der Waals surface area contributed by atoms with Gasteiger partial charge in [-0.25, -0.2) is 0 Å². The van der Waals surface area contributed by atoms with Gasteiger partial charge in [-0.2, -0.15) is 0 Å². The first-order chi connectivity index (χ1) is 7.53. The van der Waals surface area contributed by atoms with Gasteiger partial charge in [0.25, 0.3) is 0 Å². The topological polar surface area (TPSA) is 12.9 Å². The van der Waals surface area contributed by atoms with Crippen molar-refractivity contribution in [2.75, 3.05) is 0 Å². The second kappa shape index (κ2) is 3.89. The number of allylic oxidation sites excluding steroid dienone is 4. The van der Waals surface area contributed by atoms with Crippen LogP contribution >= 0.6 is 0 Å². The zero-order valence-electron chi connectivity index (χ0n) is 10.5. The highest BCUT2D eigenvalue weighted by atomic mass is 14.7. The molecule has 0 spiro atoms. The Labute approximate surface area is 97.9 Å².